The maximum atomic E-state index is 13.6. The average Bonchev–Trinajstić information content (AvgIpc) is 2.53. The number of carbonyl (C=O) groups is 1. The number of nitrogens with one attached hydrogen (secondary N) is 1. The first-order valence-corrected chi connectivity index (χ1v) is 7.10. The Morgan fingerprint density at radius 3 is 2.61 bits per heavy atom. The number of benzene rings is 2. The summed E-state index contributed by atoms with van der Waals surface area (Å²) in [5.41, 5.74) is 2.21. The molecule has 1 amide bonds. The van der Waals surface area contributed by atoms with E-state index in [0.29, 0.717) is 11.3 Å². The number of rotatable bonds is 5. The highest BCUT2D eigenvalue weighted by molar-refractivity contribution is 6.03. The van der Waals surface area contributed by atoms with Gasteiger partial charge in [0.15, 0.2) is 11.6 Å². The first kappa shape index (κ1) is 16.5. The van der Waals surface area contributed by atoms with Gasteiger partial charge >= 0.3 is 0 Å². The summed E-state index contributed by atoms with van der Waals surface area (Å²) in [6, 6.07) is 12.0. The quantitative estimate of drug-likeness (QED) is 0.858. The van der Waals surface area contributed by atoms with Gasteiger partial charge in [-0.1, -0.05) is 18.2 Å². The smallest absolute Gasteiger partial charge is 0.248 e. The highest BCUT2D eigenvalue weighted by Gasteiger charge is 2.06. The zero-order chi connectivity index (χ0) is 16.8. The monoisotopic (exact) mass is 314 g/mol. The minimum Gasteiger partial charge on any atom is -0.494 e. The van der Waals surface area contributed by atoms with E-state index in [1.54, 1.807) is 12.1 Å². The number of para-hydroxylation sites is 2. The molecule has 0 saturated heterocycles. The first-order chi connectivity index (χ1) is 11.0. The zero-order valence-corrected chi connectivity index (χ0v) is 13.3. The normalized spacial score (nSPS) is 10.6. The van der Waals surface area contributed by atoms with Crippen LogP contribution in [0, 0.1) is 5.82 Å². The van der Waals surface area contributed by atoms with Crippen molar-refractivity contribution < 1.29 is 13.9 Å². The van der Waals surface area contributed by atoms with Crippen LogP contribution in [0.5, 0.6) is 5.75 Å². The lowest BCUT2D eigenvalue weighted by atomic mass is 10.2. The Balaban J connectivity index is 2.09. The number of nitrogens with zero attached hydrogens (tertiary/aromatic N) is 1. The van der Waals surface area contributed by atoms with Gasteiger partial charge in [0.25, 0.3) is 0 Å². The lowest BCUT2D eigenvalue weighted by molar-refractivity contribution is -0.111. The van der Waals surface area contributed by atoms with Gasteiger partial charge in [-0.2, -0.15) is 0 Å². The van der Waals surface area contributed by atoms with E-state index in [2.05, 4.69) is 5.32 Å². The maximum absolute atomic E-state index is 13.6. The van der Waals surface area contributed by atoms with Crippen LogP contribution in [0.1, 0.15) is 5.56 Å². The van der Waals surface area contributed by atoms with Crippen LogP contribution < -0.4 is 15.0 Å². The fourth-order valence-electron chi connectivity index (χ4n) is 2.10. The Bertz CT molecular complexity index is 727. The molecule has 0 aliphatic heterocycles. The fraction of sp³-hybridized carbons (Fsp3) is 0.167. The summed E-state index contributed by atoms with van der Waals surface area (Å²) >= 11 is 0. The molecular weight excluding hydrogens is 295 g/mol. The molecule has 0 fully saturated rings. The molecule has 0 unspecified atom stereocenters. The highest BCUT2D eigenvalue weighted by Crippen LogP contribution is 2.23. The summed E-state index contributed by atoms with van der Waals surface area (Å²) in [5, 5.41) is 2.81. The molecule has 4 nitrogen and oxygen atoms in total. The summed E-state index contributed by atoms with van der Waals surface area (Å²) in [6.45, 7) is 0. The molecule has 0 radical (unpaired) electrons. The summed E-state index contributed by atoms with van der Waals surface area (Å²) in [5.74, 6) is -0.574. The van der Waals surface area contributed by atoms with Crippen molar-refractivity contribution in [3.8, 4) is 5.75 Å². The molecule has 5 heteroatoms. The van der Waals surface area contributed by atoms with Gasteiger partial charge in [0, 0.05) is 20.2 Å². The van der Waals surface area contributed by atoms with E-state index in [1.165, 1.54) is 25.3 Å². The molecule has 2 aromatic carbocycles. The van der Waals surface area contributed by atoms with Crippen molar-refractivity contribution in [2.45, 2.75) is 0 Å². The van der Waals surface area contributed by atoms with E-state index in [4.69, 9.17) is 4.74 Å². The second kappa shape index (κ2) is 7.45. The molecule has 0 aromatic heterocycles. The molecule has 120 valence electrons. The third-order valence-electron chi connectivity index (χ3n) is 3.25. The second-order valence-corrected chi connectivity index (χ2v) is 5.13. The Hall–Kier alpha value is -2.82. The van der Waals surface area contributed by atoms with Crippen molar-refractivity contribution in [3.05, 3.63) is 59.9 Å². The van der Waals surface area contributed by atoms with Crippen LogP contribution in [-0.2, 0) is 4.79 Å². The van der Waals surface area contributed by atoms with E-state index in [0.717, 1.165) is 5.69 Å². The molecule has 0 spiro atoms. The van der Waals surface area contributed by atoms with Gasteiger partial charge in [-0.05, 0) is 35.9 Å². The van der Waals surface area contributed by atoms with Crippen molar-refractivity contribution in [2.24, 2.45) is 0 Å². The summed E-state index contributed by atoms with van der Waals surface area (Å²) in [4.78, 5) is 13.9. The van der Waals surface area contributed by atoms with E-state index in [9.17, 15) is 9.18 Å². The van der Waals surface area contributed by atoms with Gasteiger partial charge in [-0.3, -0.25) is 4.79 Å². The molecule has 0 aliphatic carbocycles. The van der Waals surface area contributed by atoms with Gasteiger partial charge in [-0.25, -0.2) is 4.39 Å². The second-order valence-electron chi connectivity index (χ2n) is 5.13. The maximum Gasteiger partial charge on any atom is 0.248 e. The van der Waals surface area contributed by atoms with Crippen LogP contribution in [0.3, 0.4) is 0 Å². The van der Waals surface area contributed by atoms with Crippen molar-refractivity contribution in [3.63, 3.8) is 0 Å². The van der Waals surface area contributed by atoms with E-state index in [-0.39, 0.29) is 11.7 Å². The van der Waals surface area contributed by atoms with Gasteiger partial charge in [0.05, 0.1) is 18.5 Å². The largest absolute Gasteiger partial charge is 0.494 e. The predicted octanol–water partition coefficient (Wildman–Crippen LogP) is 3.55. The van der Waals surface area contributed by atoms with Crippen LogP contribution in [0.4, 0.5) is 15.8 Å². The summed E-state index contributed by atoms with van der Waals surface area (Å²) in [7, 11) is 5.21. The van der Waals surface area contributed by atoms with E-state index >= 15 is 0 Å². The molecule has 0 bridgehead atoms. The summed E-state index contributed by atoms with van der Waals surface area (Å²) in [6.07, 6.45) is 2.92. The Morgan fingerprint density at radius 1 is 1.22 bits per heavy atom. The number of amides is 1. The minimum absolute atomic E-state index is 0.173. The molecular formula is C18H19FN2O2. The topological polar surface area (TPSA) is 41.6 Å². The SMILES string of the molecule is COc1ccc(/C=C/C(=O)Nc2ccccc2N(C)C)cc1F. The van der Waals surface area contributed by atoms with Crippen LogP contribution in [-0.4, -0.2) is 27.1 Å². The van der Waals surface area contributed by atoms with E-state index in [1.807, 2.05) is 43.3 Å². The van der Waals surface area contributed by atoms with Crippen molar-refractivity contribution in [1.82, 2.24) is 0 Å². The van der Waals surface area contributed by atoms with Crippen molar-refractivity contribution in [2.75, 3.05) is 31.4 Å². The standard InChI is InChI=1S/C18H19FN2O2/c1-21(2)16-7-5-4-6-15(16)20-18(22)11-9-13-8-10-17(23-3)14(19)12-13/h4-12H,1-3H3,(H,20,22)/b11-9+. The Kier molecular flexibility index (Phi) is 5.36. The van der Waals surface area contributed by atoms with Crippen LogP contribution >= 0.6 is 0 Å². The lowest BCUT2D eigenvalue weighted by Crippen LogP contribution is -2.14. The number of carbonyl (C=O) groups excluding carboxylic acids is 1. The molecule has 2 aromatic rings. The third-order valence-corrected chi connectivity index (χ3v) is 3.25. The molecule has 23 heavy (non-hydrogen) atoms. The average molecular weight is 314 g/mol. The summed E-state index contributed by atoms with van der Waals surface area (Å²) < 4.78 is 18.5. The number of methoxy groups -OCH3 is 1. The molecule has 0 atom stereocenters. The Labute approximate surface area is 135 Å². The number of anilines is 2. The fourth-order valence-corrected chi connectivity index (χ4v) is 2.10. The molecule has 0 saturated carbocycles. The molecule has 2 rings (SSSR count). The lowest BCUT2D eigenvalue weighted by Gasteiger charge is -2.17. The number of hydrogen-bond acceptors (Lipinski definition) is 3. The van der Waals surface area contributed by atoms with Crippen LogP contribution in [0.2, 0.25) is 0 Å². The van der Waals surface area contributed by atoms with Crippen molar-refractivity contribution in [1.29, 1.82) is 0 Å². The number of ether oxygens (including phenoxy) is 1. The zero-order valence-electron chi connectivity index (χ0n) is 13.3. The predicted molar refractivity (Wildman–Crippen MR) is 91.4 cm³/mol. The van der Waals surface area contributed by atoms with Crippen molar-refractivity contribution >= 4 is 23.4 Å². The van der Waals surface area contributed by atoms with E-state index < -0.39 is 5.82 Å². The molecule has 0 heterocycles. The highest BCUT2D eigenvalue weighted by atomic mass is 19.1. The first-order valence-electron chi connectivity index (χ1n) is 7.10. The number of halogens is 1. The molecule has 1 N–H and O–H groups in total. The van der Waals surface area contributed by atoms with Gasteiger partial charge in [0.1, 0.15) is 0 Å². The van der Waals surface area contributed by atoms with Crippen LogP contribution in [0.25, 0.3) is 6.08 Å². The molecule has 0 aliphatic rings. The third kappa shape index (κ3) is 4.32. The van der Waals surface area contributed by atoms with Gasteiger partial charge in [-0.15, -0.1) is 0 Å². The van der Waals surface area contributed by atoms with Gasteiger partial charge in [0.2, 0.25) is 5.91 Å². The minimum atomic E-state index is -0.465. The van der Waals surface area contributed by atoms with Gasteiger partial charge < -0.3 is 15.0 Å². The van der Waals surface area contributed by atoms with Crippen LogP contribution in [0.15, 0.2) is 48.5 Å². The Morgan fingerprint density at radius 2 is 1.96 bits per heavy atom. The number of hydrogen-bond donors (Lipinski definition) is 1.